The van der Waals surface area contributed by atoms with E-state index in [1.165, 1.54) is 0 Å². The standard InChI is InChI=1S/C12H13ClO2/c1-6-5-9(14)10(7(2)11(6)13)12(15)8-3-4-8/h5,8,14H,3-4H2,1-2H3. The predicted octanol–water partition coefficient (Wildman–Crippen LogP) is 3.26. The summed E-state index contributed by atoms with van der Waals surface area (Å²) in [6, 6.07) is 1.56. The van der Waals surface area contributed by atoms with Crippen LogP contribution in [0.4, 0.5) is 0 Å². The van der Waals surface area contributed by atoms with E-state index in [0.717, 1.165) is 18.4 Å². The number of rotatable bonds is 2. The lowest BCUT2D eigenvalue weighted by molar-refractivity contribution is 0.0964. The second-order valence-corrected chi connectivity index (χ2v) is 4.54. The van der Waals surface area contributed by atoms with Gasteiger partial charge in [0.15, 0.2) is 5.78 Å². The Bertz CT molecular complexity index is 434. The van der Waals surface area contributed by atoms with Gasteiger partial charge in [0.25, 0.3) is 0 Å². The van der Waals surface area contributed by atoms with Gasteiger partial charge in [-0.25, -0.2) is 0 Å². The molecule has 1 fully saturated rings. The molecule has 0 amide bonds. The minimum Gasteiger partial charge on any atom is -0.507 e. The number of Topliss-reactive ketones (excluding diaryl/α,β-unsaturated/α-hetero) is 1. The number of hydrogen-bond donors (Lipinski definition) is 1. The van der Waals surface area contributed by atoms with E-state index >= 15 is 0 Å². The van der Waals surface area contributed by atoms with Gasteiger partial charge in [0.05, 0.1) is 5.56 Å². The van der Waals surface area contributed by atoms with Crippen LogP contribution in [0.25, 0.3) is 0 Å². The molecule has 80 valence electrons. The third-order valence-electron chi connectivity index (χ3n) is 2.85. The summed E-state index contributed by atoms with van der Waals surface area (Å²) in [5.74, 6) is 0.201. The van der Waals surface area contributed by atoms with E-state index in [2.05, 4.69) is 0 Å². The summed E-state index contributed by atoms with van der Waals surface area (Å²) in [5, 5.41) is 10.3. The number of carbonyl (C=O) groups is 1. The number of phenols is 1. The van der Waals surface area contributed by atoms with Crippen LogP contribution in [-0.2, 0) is 0 Å². The molecule has 1 aliphatic rings. The van der Waals surface area contributed by atoms with Crippen molar-refractivity contribution in [3.8, 4) is 5.75 Å². The van der Waals surface area contributed by atoms with E-state index in [1.54, 1.807) is 13.0 Å². The van der Waals surface area contributed by atoms with Crippen LogP contribution in [0.1, 0.15) is 34.3 Å². The number of carbonyl (C=O) groups excluding carboxylic acids is 1. The van der Waals surface area contributed by atoms with Gasteiger partial charge in [-0.15, -0.1) is 0 Å². The monoisotopic (exact) mass is 224 g/mol. The summed E-state index contributed by atoms with van der Waals surface area (Å²) in [6.07, 6.45) is 1.87. The zero-order valence-corrected chi connectivity index (χ0v) is 9.56. The minimum atomic E-state index is 0.0342. The van der Waals surface area contributed by atoms with Gasteiger partial charge in [-0.1, -0.05) is 11.6 Å². The van der Waals surface area contributed by atoms with Crippen LogP contribution in [-0.4, -0.2) is 10.9 Å². The molecule has 0 saturated heterocycles. The number of hydrogen-bond acceptors (Lipinski definition) is 2. The first kappa shape index (κ1) is 10.5. The van der Waals surface area contributed by atoms with Crippen LogP contribution in [0, 0.1) is 19.8 Å². The van der Waals surface area contributed by atoms with E-state index in [4.69, 9.17) is 11.6 Å². The molecule has 1 aliphatic carbocycles. The maximum Gasteiger partial charge on any atom is 0.169 e. The van der Waals surface area contributed by atoms with Gasteiger partial charge >= 0.3 is 0 Å². The van der Waals surface area contributed by atoms with Crippen molar-refractivity contribution in [3.63, 3.8) is 0 Å². The van der Waals surface area contributed by atoms with Crippen LogP contribution in [0.5, 0.6) is 5.75 Å². The minimum absolute atomic E-state index is 0.0342. The molecule has 2 rings (SSSR count). The molecule has 1 N–H and O–H groups in total. The van der Waals surface area contributed by atoms with Crippen LogP contribution < -0.4 is 0 Å². The van der Waals surface area contributed by atoms with Crippen molar-refractivity contribution in [2.24, 2.45) is 5.92 Å². The maximum atomic E-state index is 11.9. The lowest BCUT2D eigenvalue weighted by Gasteiger charge is -2.10. The predicted molar refractivity (Wildman–Crippen MR) is 59.6 cm³/mol. The third-order valence-corrected chi connectivity index (χ3v) is 3.44. The Kier molecular flexibility index (Phi) is 2.47. The number of aryl methyl sites for hydroxylation is 1. The fraction of sp³-hybridized carbons (Fsp3) is 0.417. The Balaban J connectivity index is 2.54. The molecule has 0 aliphatic heterocycles. The lowest BCUT2D eigenvalue weighted by Crippen LogP contribution is -2.05. The number of ketones is 1. The Hall–Kier alpha value is -1.02. The van der Waals surface area contributed by atoms with Gasteiger partial charge in [-0.05, 0) is 43.9 Å². The second kappa shape index (κ2) is 3.53. The van der Waals surface area contributed by atoms with Gasteiger partial charge in [0.1, 0.15) is 5.75 Å². The van der Waals surface area contributed by atoms with Gasteiger partial charge in [0.2, 0.25) is 0 Å². The first-order chi connectivity index (χ1) is 7.02. The highest BCUT2D eigenvalue weighted by Crippen LogP contribution is 2.38. The summed E-state index contributed by atoms with van der Waals surface area (Å²) < 4.78 is 0. The van der Waals surface area contributed by atoms with Crippen LogP contribution >= 0.6 is 11.6 Å². The number of benzene rings is 1. The molecule has 0 radical (unpaired) electrons. The Morgan fingerprint density at radius 3 is 2.60 bits per heavy atom. The van der Waals surface area contributed by atoms with Crippen molar-refractivity contribution in [2.45, 2.75) is 26.7 Å². The van der Waals surface area contributed by atoms with Crippen LogP contribution in [0.2, 0.25) is 5.02 Å². The number of aromatic hydroxyl groups is 1. The zero-order chi connectivity index (χ0) is 11.2. The summed E-state index contributed by atoms with van der Waals surface area (Å²) in [6.45, 7) is 3.60. The molecule has 3 heteroatoms. The summed E-state index contributed by atoms with van der Waals surface area (Å²) in [7, 11) is 0. The van der Waals surface area contributed by atoms with Crippen LogP contribution in [0.15, 0.2) is 6.07 Å². The molecule has 0 heterocycles. The van der Waals surface area contributed by atoms with E-state index in [9.17, 15) is 9.90 Å². The Morgan fingerprint density at radius 2 is 2.07 bits per heavy atom. The zero-order valence-electron chi connectivity index (χ0n) is 8.80. The average Bonchev–Trinajstić information content (AvgIpc) is 2.97. The molecular weight excluding hydrogens is 212 g/mol. The first-order valence-corrected chi connectivity index (χ1v) is 5.43. The number of halogens is 1. The van der Waals surface area contributed by atoms with Crippen molar-refractivity contribution < 1.29 is 9.90 Å². The smallest absolute Gasteiger partial charge is 0.169 e. The molecule has 15 heavy (non-hydrogen) atoms. The van der Waals surface area contributed by atoms with Gasteiger partial charge < -0.3 is 5.11 Å². The maximum absolute atomic E-state index is 11.9. The molecule has 0 atom stereocenters. The quantitative estimate of drug-likeness (QED) is 0.783. The molecule has 1 aromatic carbocycles. The summed E-state index contributed by atoms with van der Waals surface area (Å²) >= 11 is 6.06. The SMILES string of the molecule is Cc1cc(O)c(C(=O)C2CC2)c(C)c1Cl. The van der Waals surface area contributed by atoms with Crippen molar-refractivity contribution >= 4 is 17.4 Å². The molecule has 0 spiro atoms. The summed E-state index contributed by atoms with van der Waals surface area (Å²) in [5.41, 5.74) is 1.91. The highest BCUT2D eigenvalue weighted by Gasteiger charge is 2.33. The fourth-order valence-electron chi connectivity index (χ4n) is 1.80. The van der Waals surface area contributed by atoms with E-state index < -0.39 is 0 Å². The fourth-order valence-corrected chi connectivity index (χ4v) is 1.95. The van der Waals surface area contributed by atoms with E-state index in [1.807, 2.05) is 6.92 Å². The van der Waals surface area contributed by atoms with Crippen molar-refractivity contribution in [1.29, 1.82) is 0 Å². The van der Waals surface area contributed by atoms with Gasteiger partial charge in [-0.2, -0.15) is 0 Å². The molecule has 1 aromatic rings. The normalized spacial score (nSPS) is 15.4. The topological polar surface area (TPSA) is 37.3 Å². The van der Waals surface area contributed by atoms with Crippen molar-refractivity contribution in [1.82, 2.24) is 0 Å². The molecule has 2 nitrogen and oxygen atoms in total. The van der Waals surface area contributed by atoms with Gasteiger partial charge in [-0.3, -0.25) is 4.79 Å². The van der Waals surface area contributed by atoms with E-state index in [0.29, 0.717) is 16.1 Å². The van der Waals surface area contributed by atoms with Crippen LogP contribution in [0.3, 0.4) is 0 Å². The Morgan fingerprint density at radius 1 is 1.47 bits per heavy atom. The molecule has 1 saturated carbocycles. The van der Waals surface area contributed by atoms with Crippen molar-refractivity contribution in [3.05, 3.63) is 27.8 Å². The average molecular weight is 225 g/mol. The largest absolute Gasteiger partial charge is 0.507 e. The molecule has 0 aromatic heterocycles. The Labute approximate surface area is 93.9 Å². The second-order valence-electron chi connectivity index (χ2n) is 4.17. The highest BCUT2D eigenvalue weighted by molar-refractivity contribution is 6.32. The van der Waals surface area contributed by atoms with Gasteiger partial charge in [0, 0.05) is 10.9 Å². The summed E-state index contributed by atoms with van der Waals surface area (Å²) in [4.78, 5) is 11.9. The molecule has 0 bridgehead atoms. The lowest BCUT2D eigenvalue weighted by atomic mass is 9.98. The number of phenolic OH excluding ortho intramolecular Hbond substituents is 1. The molecule has 0 unspecified atom stereocenters. The van der Waals surface area contributed by atoms with E-state index in [-0.39, 0.29) is 17.5 Å². The molecular formula is C12H13ClO2. The third kappa shape index (κ3) is 1.74. The van der Waals surface area contributed by atoms with Crippen molar-refractivity contribution in [2.75, 3.05) is 0 Å². The first-order valence-electron chi connectivity index (χ1n) is 5.05. The highest BCUT2D eigenvalue weighted by atomic mass is 35.5.